The molecule has 0 radical (unpaired) electrons. The van der Waals surface area contributed by atoms with Crippen LogP contribution in [0.4, 0.5) is 0 Å². The quantitative estimate of drug-likeness (QED) is 0.425. The summed E-state index contributed by atoms with van der Waals surface area (Å²) in [5.74, 6) is -0.564. The van der Waals surface area contributed by atoms with E-state index in [4.69, 9.17) is 0 Å². The molecule has 134 valence electrons. The molecule has 1 amide bonds. The monoisotopic (exact) mass is 413 g/mol. The number of fused-ring (bicyclic) bond motifs is 1. The van der Waals surface area contributed by atoms with Gasteiger partial charge < -0.3 is 10.1 Å². The van der Waals surface area contributed by atoms with Crippen LogP contribution in [-0.2, 0) is 0 Å². The van der Waals surface area contributed by atoms with E-state index in [-0.39, 0.29) is 16.7 Å². The minimum atomic E-state index is -0.471. The molecule has 3 rings (SSSR count). The van der Waals surface area contributed by atoms with Crippen LogP contribution in [0.2, 0.25) is 0 Å². The third-order valence-corrected chi connectivity index (χ3v) is 4.46. The molecule has 2 aromatic carbocycles. The molecular formula is C20H20BrN3O2. The van der Waals surface area contributed by atoms with E-state index in [1.807, 2.05) is 51.1 Å². The van der Waals surface area contributed by atoms with Gasteiger partial charge in [-0.3, -0.25) is 4.79 Å². The fourth-order valence-corrected chi connectivity index (χ4v) is 3.05. The van der Waals surface area contributed by atoms with Crippen LogP contribution in [0.1, 0.15) is 36.8 Å². The van der Waals surface area contributed by atoms with Crippen LogP contribution < -0.4 is 5.43 Å². The Labute approximate surface area is 160 Å². The molecule has 1 aromatic heterocycles. The van der Waals surface area contributed by atoms with Crippen molar-refractivity contribution < 1.29 is 9.90 Å². The largest absolute Gasteiger partial charge is 0.507 e. The zero-order valence-electron chi connectivity index (χ0n) is 14.8. The van der Waals surface area contributed by atoms with Gasteiger partial charge in [-0.25, -0.2) is 5.43 Å². The standard InChI is InChI=1S/C20H20BrN3O2/c1-20(2,3)18(16-10-12-6-4-5-7-15(12)22-16)23-24-19(26)14-11-13(21)8-9-17(14)25/h4-11,22,25H,1-3H3,(H,24,26)/b23-18-. The van der Waals surface area contributed by atoms with Gasteiger partial charge in [-0.05, 0) is 30.3 Å². The predicted molar refractivity (Wildman–Crippen MR) is 108 cm³/mol. The van der Waals surface area contributed by atoms with Crippen LogP contribution in [0.15, 0.2) is 58.1 Å². The first-order valence-electron chi connectivity index (χ1n) is 8.21. The number of aromatic nitrogens is 1. The first kappa shape index (κ1) is 18.2. The number of rotatable bonds is 3. The van der Waals surface area contributed by atoms with E-state index in [9.17, 15) is 9.90 Å². The van der Waals surface area contributed by atoms with Gasteiger partial charge in [-0.1, -0.05) is 54.9 Å². The summed E-state index contributed by atoms with van der Waals surface area (Å²) in [7, 11) is 0. The van der Waals surface area contributed by atoms with Crippen LogP contribution in [-0.4, -0.2) is 21.7 Å². The van der Waals surface area contributed by atoms with E-state index in [0.29, 0.717) is 4.47 Å². The molecule has 0 unspecified atom stereocenters. The number of halogens is 1. The Hall–Kier alpha value is -2.60. The van der Waals surface area contributed by atoms with E-state index in [1.165, 1.54) is 6.07 Å². The molecule has 1 heterocycles. The first-order valence-corrected chi connectivity index (χ1v) is 9.00. The van der Waals surface area contributed by atoms with E-state index in [0.717, 1.165) is 22.3 Å². The summed E-state index contributed by atoms with van der Waals surface area (Å²) in [6, 6.07) is 14.7. The summed E-state index contributed by atoms with van der Waals surface area (Å²) in [5.41, 5.74) is 5.00. The Bertz CT molecular complexity index is 967. The van der Waals surface area contributed by atoms with Crippen molar-refractivity contribution in [2.45, 2.75) is 20.8 Å². The normalized spacial score (nSPS) is 12.4. The number of carbonyl (C=O) groups excluding carboxylic acids is 1. The number of hydrazone groups is 1. The van der Waals surface area contributed by atoms with E-state index in [2.05, 4.69) is 31.4 Å². The van der Waals surface area contributed by atoms with Crippen LogP contribution in [0.5, 0.6) is 5.75 Å². The Kier molecular flexibility index (Phi) is 4.87. The Morgan fingerprint density at radius 3 is 2.58 bits per heavy atom. The highest BCUT2D eigenvalue weighted by atomic mass is 79.9. The minimum Gasteiger partial charge on any atom is -0.507 e. The van der Waals surface area contributed by atoms with Crippen molar-refractivity contribution in [1.82, 2.24) is 10.4 Å². The fourth-order valence-electron chi connectivity index (χ4n) is 2.69. The summed E-state index contributed by atoms with van der Waals surface area (Å²) in [6.45, 7) is 6.08. The highest BCUT2D eigenvalue weighted by Crippen LogP contribution is 2.25. The van der Waals surface area contributed by atoms with Crippen molar-refractivity contribution in [1.29, 1.82) is 0 Å². The van der Waals surface area contributed by atoms with E-state index < -0.39 is 5.91 Å². The Morgan fingerprint density at radius 2 is 1.88 bits per heavy atom. The number of para-hydroxylation sites is 1. The number of carbonyl (C=O) groups is 1. The summed E-state index contributed by atoms with van der Waals surface area (Å²) in [6.07, 6.45) is 0. The van der Waals surface area contributed by atoms with Gasteiger partial charge in [0.2, 0.25) is 0 Å². The van der Waals surface area contributed by atoms with Crippen molar-refractivity contribution in [3.8, 4) is 5.75 Å². The molecule has 0 atom stereocenters. The van der Waals surface area contributed by atoms with Gasteiger partial charge in [0.05, 0.1) is 17.0 Å². The predicted octanol–water partition coefficient (Wildman–Crippen LogP) is 4.82. The van der Waals surface area contributed by atoms with Gasteiger partial charge in [-0.15, -0.1) is 0 Å². The van der Waals surface area contributed by atoms with E-state index in [1.54, 1.807) is 12.1 Å². The molecule has 0 fully saturated rings. The minimum absolute atomic E-state index is 0.0937. The summed E-state index contributed by atoms with van der Waals surface area (Å²) in [5, 5.41) is 15.4. The lowest BCUT2D eigenvalue weighted by atomic mass is 9.88. The van der Waals surface area contributed by atoms with Crippen LogP contribution in [0.3, 0.4) is 0 Å². The average Bonchev–Trinajstić information content (AvgIpc) is 2.99. The van der Waals surface area contributed by atoms with Crippen molar-refractivity contribution >= 4 is 38.5 Å². The molecule has 0 aliphatic carbocycles. The Morgan fingerprint density at radius 1 is 1.15 bits per heavy atom. The number of nitrogens with zero attached hydrogens (tertiary/aromatic N) is 1. The zero-order chi connectivity index (χ0) is 18.9. The number of phenols is 1. The molecule has 3 N–H and O–H groups in total. The summed E-state index contributed by atoms with van der Waals surface area (Å²) >= 11 is 3.30. The maximum atomic E-state index is 12.4. The molecule has 5 nitrogen and oxygen atoms in total. The lowest BCUT2D eigenvalue weighted by Crippen LogP contribution is -2.27. The number of hydrogen-bond acceptors (Lipinski definition) is 3. The number of amides is 1. The zero-order valence-corrected chi connectivity index (χ0v) is 16.4. The van der Waals surface area contributed by atoms with Crippen LogP contribution in [0.25, 0.3) is 10.9 Å². The third kappa shape index (κ3) is 3.80. The molecule has 0 saturated carbocycles. The number of aromatic amines is 1. The van der Waals surface area contributed by atoms with Crippen molar-refractivity contribution in [2.75, 3.05) is 0 Å². The number of aromatic hydroxyl groups is 1. The molecule has 0 aliphatic rings. The number of nitrogens with one attached hydrogen (secondary N) is 2. The SMILES string of the molecule is CC(C)(C)/C(=N\NC(=O)c1cc(Br)ccc1O)c1cc2ccccc2[nH]1. The summed E-state index contributed by atoms with van der Waals surface area (Å²) < 4.78 is 0.705. The molecule has 0 bridgehead atoms. The lowest BCUT2D eigenvalue weighted by molar-refractivity contribution is 0.0952. The van der Waals surface area contributed by atoms with Crippen molar-refractivity contribution in [3.63, 3.8) is 0 Å². The molecule has 0 spiro atoms. The van der Waals surface area contributed by atoms with Crippen LogP contribution >= 0.6 is 15.9 Å². The number of benzene rings is 2. The smallest absolute Gasteiger partial charge is 0.275 e. The van der Waals surface area contributed by atoms with E-state index >= 15 is 0 Å². The molecule has 3 aromatic rings. The molecule has 0 saturated heterocycles. The van der Waals surface area contributed by atoms with Gasteiger partial charge in [0.25, 0.3) is 5.91 Å². The van der Waals surface area contributed by atoms with Gasteiger partial charge in [0.1, 0.15) is 5.75 Å². The lowest BCUT2D eigenvalue weighted by Gasteiger charge is -2.20. The highest BCUT2D eigenvalue weighted by Gasteiger charge is 2.23. The first-order chi connectivity index (χ1) is 12.3. The molecule has 6 heteroatoms. The molecular weight excluding hydrogens is 394 g/mol. The second-order valence-corrected chi connectivity index (χ2v) is 8.00. The third-order valence-electron chi connectivity index (χ3n) is 3.97. The van der Waals surface area contributed by atoms with Gasteiger partial charge in [0, 0.05) is 20.8 Å². The van der Waals surface area contributed by atoms with Crippen molar-refractivity contribution in [2.24, 2.45) is 10.5 Å². The number of hydrogen-bond donors (Lipinski definition) is 3. The molecule has 0 aliphatic heterocycles. The van der Waals surface area contributed by atoms with Gasteiger partial charge >= 0.3 is 0 Å². The number of phenolic OH excluding ortho intramolecular Hbond substituents is 1. The second-order valence-electron chi connectivity index (χ2n) is 7.08. The number of H-pyrrole nitrogens is 1. The van der Waals surface area contributed by atoms with Crippen molar-refractivity contribution in [3.05, 3.63) is 64.3 Å². The second kappa shape index (κ2) is 6.96. The van der Waals surface area contributed by atoms with Gasteiger partial charge in [-0.2, -0.15) is 5.10 Å². The molecule has 26 heavy (non-hydrogen) atoms. The highest BCUT2D eigenvalue weighted by molar-refractivity contribution is 9.10. The maximum Gasteiger partial charge on any atom is 0.275 e. The van der Waals surface area contributed by atoms with Gasteiger partial charge in [0.15, 0.2) is 0 Å². The Balaban J connectivity index is 1.95. The topological polar surface area (TPSA) is 77.5 Å². The average molecular weight is 414 g/mol. The maximum absolute atomic E-state index is 12.4. The fraction of sp³-hybridized carbons (Fsp3) is 0.200. The van der Waals surface area contributed by atoms with Crippen LogP contribution in [0, 0.1) is 5.41 Å². The summed E-state index contributed by atoms with van der Waals surface area (Å²) in [4.78, 5) is 15.8.